The summed E-state index contributed by atoms with van der Waals surface area (Å²) in [6, 6.07) is 5.74. The van der Waals surface area contributed by atoms with Crippen molar-refractivity contribution in [1.82, 2.24) is 15.3 Å². The molecule has 1 aromatic carbocycles. The van der Waals surface area contributed by atoms with Crippen LogP contribution in [0.25, 0.3) is 0 Å². The fourth-order valence-corrected chi connectivity index (χ4v) is 3.35. The van der Waals surface area contributed by atoms with Crippen LogP contribution in [0.2, 0.25) is 0 Å². The maximum absolute atomic E-state index is 13.3. The van der Waals surface area contributed by atoms with Crippen LogP contribution >= 0.6 is 12.4 Å². The fraction of sp³-hybridized carbons (Fsp3) is 0.450. The number of anilines is 2. The highest BCUT2D eigenvalue weighted by molar-refractivity contribution is 5.85. The Kier molecular flexibility index (Phi) is 8.13. The Morgan fingerprint density at radius 3 is 2.45 bits per heavy atom. The van der Waals surface area contributed by atoms with Gasteiger partial charge in [0.1, 0.15) is 5.82 Å². The molecule has 0 radical (unpaired) electrons. The van der Waals surface area contributed by atoms with Crippen molar-refractivity contribution < 1.29 is 13.6 Å². The van der Waals surface area contributed by atoms with E-state index in [0.717, 1.165) is 43.6 Å². The normalized spacial score (nSPS) is 18.5. The first-order valence-corrected chi connectivity index (χ1v) is 9.41. The highest BCUT2D eigenvalue weighted by Gasteiger charge is 2.23. The molecule has 1 aliphatic carbocycles. The summed E-state index contributed by atoms with van der Waals surface area (Å²) in [6.07, 6.45) is 5.25. The van der Waals surface area contributed by atoms with Crippen LogP contribution in [0.3, 0.4) is 0 Å². The van der Waals surface area contributed by atoms with Gasteiger partial charge in [0.25, 0.3) is 0 Å². The van der Waals surface area contributed by atoms with E-state index in [9.17, 15) is 13.6 Å². The van der Waals surface area contributed by atoms with E-state index in [1.807, 2.05) is 25.1 Å². The number of carbonyl (C=O) groups is 1. The Morgan fingerprint density at radius 2 is 1.79 bits per heavy atom. The van der Waals surface area contributed by atoms with Gasteiger partial charge >= 0.3 is 0 Å². The molecular formula is C20H26ClF2N5O. The van der Waals surface area contributed by atoms with Crippen molar-refractivity contribution in [2.45, 2.75) is 44.2 Å². The minimum atomic E-state index is -0.933. The number of benzene rings is 1. The number of halogens is 3. The number of amides is 1. The lowest BCUT2D eigenvalue weighted by Crippen LogP contribution is -2.40. The second-order valence-electron chi connectivity index (χ2n) is 7.32. The lowest BCUT2D eigenvalue weighted by atomic mass is 9.91. The van der Waals surface area contributed by atoms with E-state index in [-0.39, 0.29) is 36.8 Å². The molecule has 6 nitrogen and oxygen atoms in total. The minimum Gasteiger partial charge on any atom is -0.363 e. The van der Waals surface area contributed by atoms with Crippen LogP contribution in [0, 0.1) is 11.6 Å². The number of aromatic nitrogens is 2. The summed E-state index contributed by atoms with van der Waals surface area (Å²) in [5.41, 5.74) is 0.463. The third-order valence-corrected chi connectivity index (χ3v) is 4.87. The van der Waals surface area contributed by atoms with Crippen molar-refractivity contribution in [3.05, 3.63) is 47.7 Å². The number of hydrogen-bond donors (Lipinski definition) is 2. The first-order valence-electron chi connectivity index (χ1n) is 9.41. The zero-order valence-corrected chi connectivity index (χ0v) is 17.3. The Labute approximate surface area is 175 Å². The average Bonchev–Trinajstić information content (AvgIpc) is 2.66. The lowest BCUT2D eigenvalue weighted by molar-refractivity contribution is -0.121. The highest BCUT2D eigenvalue weighted by atomic mass is 35.5. The van der Waals surface area contributed by atoms with Gasteiger partial charge in [-0.25, -0.2) is 13.8 Å². The molecule has 1 saturated carbocycles. The number of nitrogens with one attached hydrogen (secondary N) is 2. The predicted molar refractivity (Wildman–Crippen MR) is 111 cm³/mol. The van der Waals surface area contributed by atoms with E-state index in [0.29, 0.717) is 11.5 Å². The molecule has 0 atom stereocenters. The van der Waals surface area contributed by atoms with Crippen molar-refractivity contribution in [2.75, 3.05) is 24.3 Å². The van der Waals surface area contributed by atoms with Crippen LogP contribution in [0.1, 0.15) is 31.2 Å². The molecule has 9 heteroatoms. The van der Waals surface area contributed by atoms with Crippen molar-refractivity contribution in [1.29, 1.82) is 0 Å². The van der Waals surface area contributed by atoms with E-state index in [2.05, 4.69) is 20.6 Å². The van der Waals surface area contributed by atoms with Gasteiger partial charge in [-0.05, 0) is 49.4 Å². The van der Waals surface area contributed by atoms with Gasteiger partial charge in [-0.15, -0.1) is 12.4 Å². The Morgan fingerprint density at radius 1 is 1.10 bits per heavy atom. The van der Waals surface area contributed by atoms with Gasteiger partial charge in [-0.1, -0.05) is 6.07 Å². The van der Waals surface area contributed by atoms with Crippen LogP contribution in [0.5, 0.6) is 0 Å². The zero-order valence-electron chi connectivity index (χ0n) is 16.5. The molecule has 1 amide bonds. The molecule has 0 saturated heterocycles. The molecular weight excluding hydrogens is 400 g/mol. The van der Waals surface area contributed by atoms with E-state index in [1.54, 1.807) is 6.20 Å². The molecule has 158 valence electrons. The quantitative estimate of drug-likeness (QED) is 0.743. The molecule has 0 unspecified atom stereocenters. The van der Waals surface area contributed by atoms with E-state index in [1.165, 1.54) is 6.07 Å². The predicted octanol–water partition coefficient (Wildman–Crippen LogP) is 3.32. The van der Waals surface area contributed by atoms with E-state index >= 15 is 0 Å². The van der Waals surface area contributed by atoms with Gasteiger partial charge in [0.15, 0.2) is 11.6 Å². The van der Waals surface area contributed by atoms with Crippen molar-refractivity contribution in [3.63, 3.8) is 0 Å². The maximum atomic E-state index is 13.3. The molecule has 0 bridgehead atoms. The Bertz CT molecular complexity index is 828. The van der Waals surface area contributed by atoms with Crippen molar-refractivity contribution in [2.24, 2.45) is 0 Å². The third-order valence-electron chi connectivity index (χ3n) is 4.87. The number of carbonyl (C=O) groups excluding carboxylic acids is 1. The van der Waals surface area contributed by atoms with Crippen molar-refractivity contribution in [3.8, 4) is 0 Å². The summed E-state index contributed by atoms with van der Waals surface area (Å²) < 4.78 is 26.2. The van der Waals surface area contributed by atoms with Crippen LogP contribution in [0.4, 0.5) is 20.5 Å². The number of rotatable bonds is 6. The molecule has 1 heterocycles. The molecule has 1 aliphatic rings. The second kappa shape index (κ2) is 10.3. The number of hydrogen-bond acceptors (Lipinski definition) is 5. The summed E-state index contributed by atoms with van der Waals surface area (Å²) in [5, 5.41) is 6.35. The monoisotopic (exact) mass is 425 g/mol. The van der Waals surface area contributed by atoms with Crippen LogP contribution in [-0.4, -0.2) is 42.1 Å². The number of nitrogens with zero attached hydrogens (tertiary/aromatic N) is 3. The Hall–Kier alpha value is -2.48. The molecule has 29 heavy (non-hydrogen) atoms. The summed E-state index contributed by atoms with van der Waals surface area (Å²) in [7, 11) is 3.86. The maximum Gasteiger partial charge on any atom is 0.224 e. The first-order chi connectivity index (χ1) is 13.4. The summed E-state index contributed by atoms with van der Waals surface area (Å²) >= 11 is 0. The van der Waals surface area contributed by atoms with Crippen LogP contribution in [-0.2, 0) is 11.2 Å². The van der Waals surface area contributed by atoms with Gasteiger partial charge < -0.3 is 15.5 Å². The average molecular weight is 426 g/mol. The smallest absolute Gasteiger partial charge is 0.224 e. The highest BCUT2D eigenvalue weighted by Crippen LogP contribution is 2.22. The molecule has 1 aromatic heterocycles. The van der Waals surface area contributed by atoms with Crippen LogP contribution in [0.15, 0.2) is 30.5 Å². The van der Waals surface area contributed by atoms with Crippen LogP contribution < -0.4 is 15.5 Å². The molecule has 3 rings (SSSR count). The van der Waals surface area contributed by atoms with Crippen molar-refractivity contribution >= 4 is 30.1 Å². The summed E-state index contributed by atoms with van der Waals surface area (Å²) in [6.45, 7) is 0. The zero-order chi connectivity index (χ0) is 20.1. The molecule has 0 aliphatic heterocycles. The third kappa shape index (κ3) is 6.52. The van der Waals surface area contributed by atoms with Gasteiger partial charge in [-0.3, -0.25) is 4.79 Å². The Balaban J connectivity index is 0.00000300. The SMILES string of the molecule is CN(C)c1ccnc(NC2CCC(NC(=O)Cc3ccc(F)c(F)c3)CC2)n1.Cl. The van der Waals surface area contributed by atoms with E-state index in [4.69, 9.17) is 0 Å². The molecule has 2 N–H and O–H groups in total. The van der Waals surface area contributed by atoms with Gasteiger partial charge in [0, 0.05) is 32.4 Å². The van der Waals surface area contributed by atoms with Gasteiger partial charge in [-0.2, -0.15) is 4.98 Å². The molecule has 0 spiro atoms. The lowest BCUT2D eigenvalue weighted by Gasteiger charge is -2.29. The van der Waals surface area contributed by atoms with E-state index < -0.39 is 11.6 Å². The molecule has 1 fully saturated rings. The second-order valence-corrected chi connectivity index (χ2v) is 7.32. The minimum absolute atomic E-state index is 0. The first kappa shape index (κ1) is 22.8. The summed E-state index contributed by atoms with van der Waals surface area (Å²) in [4.78, 5) is 22.8. The van der Waals surface area contributed by atoms with Gasteiger partial charge in [0.2, 0.25) is 11.9 Å². The topological polar surface area (TPSA) is 70.2 Å². The standard InChI is InChI=1S/C20H25F2N5O.ClH/c1-27(2)18-9-10-23-20(26-18)25-15-6-4-14(5-7-15)24-19(28)12-13-3-8-16(21)17(22)11-13;/h3,8-11,14-15H,4-7,12H2,1-2H3,(H,24,28)(H,23,25,26);1H. The fourth-order valence-electron chi connectivity index (χ4n) is 3.35. The molecule has 2 aromatic rings. The largest absolute Gasteiger partial charge is 0.363 e. The van der Waals surface area contributed by atoms with Gasteiger partial charge in [0.05, 0.1) is 6.42 Å². The summed E-state index contributed by atoms with van der Waals surface area (Å²) in [5.74, 6) is -0.565.